The van der Waals surface area contributed by atoms with Gasteiger partial charge in [-0.25, -0.2) is 8.42 Å². The van der Waals surface area contributed by atoms with Crippen molar-refractivity contribution in [3.05, 3.63) is 18.2 Å². The van der Waals surface area contributed by atoms with E-state index in [2.05, 4.69) is 9.71 Å². The average molecular weight is 444 g/mol. The van der Waals surface area contributed by atoms with Crippen LogP contribution in [-0.4, -0.2) is 65.4 Å². The molecular weight excluding hydrogens is 422 g/mol. The van der Waals surface area contributed by atoms with Crippen LogP contribution in [0.15, 0.2) is 32.4 Å². The van der Waals surface area contributed by atoms with Gasteiger partial charge in [-0.2, -0.15) is 8.42 Å². The molecule has 3 rings (SSSR count). The Balaban J connectivity index is 1.76. The maximum atomic E-state index is 12.7. The molecule has 1 amide bonds. The van der Waals surface area contributed by atoms with E-state index in [1.807, 2.05) is 0 Å². The Bertz CT molecular complexity index is 1060. The molecule has 1 fully saturated rings. The number of piperidine rings is 1. The van der Waals surface area contributed by atoms with Crippen molar-refractivity contribution in [2.45, 2.75) is 29.6 Å². The van der Waals surface area contributed by atoms with Gasteiger partial charge in [0.1, 0.15) is 17.0 Å². The van der Waals surface area contributed by atoms with Crippen LogP contribution in [0.1, 0.15) is 19.8 Å². The number of sulfone groups is 1. The first-order valence-corrected chi connectivity index (χ1v) is 12.1. The number of nitrogens with one attached hydrogen (secondary N) is 1. The SMILES string of the molecule is CCOC(=O)[C@@H]1CCCN(C(=O)CS(=O)(=O)c2ccc3c(c2)S(=O)(=O)N=CN3)C1. The lowest BCUT2D eigenvalue weighted by Gasteiger charge is -2.31. The zero-order valence-electron chi connectivity index (χ0n) is 15.7. The fourth-order valence-corrected chi connectivity index (χ4v) is 5.55. The number of benzene rings is 1. The van der Waals surface area contributed by atoms with Crippen LogP contribution in [0.2, 0.25) is 0 Å². The Morgan fingerprint density at radius 2 is 2.10 bits per heavy atom. The van der Waals surface area contributed by atoms with Crippen LogP contribution in [0.5, 0.6) is 0 Å². The van der Waals surface area contributed by atoms with Gasteiger partial charge in [-0.3, -0.25) is 9.59 Å². The Labute approximate surface area is 168 Å². The number of hydrogen-bond acceptors (Lipinski definition) is 8. The van der Waals surface area contributed by atoms with Crippen molar-refractivity contribution in [3.8, 4) is 0 Å². The molecule has 2 aliphatic rings. The molecule has 29 heavy (non-hydrogen) atoms. The summed E-state index contributed by atoms with van der Waals surface area (Å²) in [7, 11) is -8.09. The molecule has 1 atom stereocenters. The molecule has 2 heterocycles. The lowest BCUT2D eigenvalue weighted by molar-refractivity contribution is -0.151. The van der Waals surface area contributed by atoms with E-state index < -0.39 is 43.4 Å². The molecule has 1 saturated heterocycles. The molecule has 12 heteroatoms. The summed E-state index contributed by atoms with van der Waals surface area (Å²) in [6.45, 7) is 2.37. The van der Waals surface area contributed by atoms with Crippen molar-refractivity contribution in [1.29, 1.82) is 0 Å². The zero-order valence-corrected chi connectivity index (χ0v) is 17.3. The molecule has 0 bridgehead atoms. The first-order chi connectivity index (χ1) is 13.6. The summed E-state index contributed by atoms with van der Waals surface area (Å²) in [6, 6.07) is 3.54. The van der Waals surface area contributed by atoms with Crippen molar-refractivity contribution in [2.24, 2.45) is 10.3 Å². The van der Waals surface area contributed by atoms with Crippen LogP contribution in [0.3, 0.4) is 0 Å². The van der Waals surface area contributed by atoms with Crippen LogP contribution >= 0.6 is 0 Å². The van der Waals surface area contributed by atoms with Crippen LogP contribution in [0.4, 0.5) is 5.69 Å². The van der Waals surface area contributed by atoms with Crippen LogP contribution < -0.4 is 5.32 Å². The number of sulfonamides is 1. The highest BCUT2D eigenvalue weighted by Crippen LogP contribution is 2.29. The van der Waals surface area contributed by atoms with Crippen LogP contribution in [0.25, 0.3) is 0 Å². The lowest BCUT2D eigenvalue weighted by Crippen LogP contribution is -2.45. The Hall–Kier alpha value is -2.47. The monoisotopic (exact) mass is 443 g/mol. The standard InChI is InChI=1S/C17H21N3O7S2/c1-2-27-17(22)12-4-3-7-20(9-12)16(21)10-28(23,24)13-5-6-14-15(8-13)29(25,26)19-11-18-14/h5-6,8,11-12H,2-4,7,9-10H2,1H3,(H,18,19)/t12-/m1/s1. The zero-order chi connectivity index (χ0) is 21.2. The number of carbonyl (C=O) groups excluding carboxylic acids is 2. The van der Waals surface area contributed by atoms with Crippen molar-refractivity contribution < 1.29 is 31.2 Å². The second kappa shape index (κ2) is 8.11. The lowest BCUT2D eigenvalue weighted by atomic mass is 9.98. The summed E-state index contributed by atoms with van der Waals surface area (Å²) in [5.74, 6) is -2.34. The maximum Gasteiger partial charge on any atom is 0.310 e. The third kappa shape index (κ3) is 4.58. The molecule has 0 saturated carbocycles. The topological polar surface area (TPSA) is 139 Å². The van der Waals surface area contributed by atoms with Gasteiger partial charge in [0.15, 0.2) is 9.84 Å². The normalized spacial score (nSPS) is 20.4. The first-order valence-electron chi connectivity index (χ1n) is 9.00. The predicted octanol–water partition coefficient (Wildman–Crippen LogP) is 0.405. The van der Waals surface area contributed by atoms with Gasteiger partial charge in [0.05, 0.1) is 23.1 Å². The van der Waals surface area contributed by atoms with Gasteiger partial charge < -0.3 is 15.0 Å². The largest absolute Gasteiger partial charge is 0.466 e. The molecule has 0 unspecified atom stereocenters. The van der Waals surface area contributed by atoms with Gasteiger partial charge in [0.2, 0.25) is 5.91 Å². The highest BCUT2D eigenvalue weighted by atomic mass is 32.2. The quantitative estimate of drug-likeness (QED) is 0.645. The smallest absolute Gasteiger partial charge is 0.310 e. The van der Waals surface area contributed by atoms with Gasteiger partial charge in [-0.15, -0.1) is 4.40 Å². The van der Waals surface area contributed by atoms with Crippen molar-refractivity contribution >= 4 is 43.8 Å². The second-order valence-electron chi connectivity index (χ2n) is 6.70. The van der Waals surface area contributed by atoms with E-state index in [4.69, 9.17) is 4.74 Å². The predicted molar refractivity (Wildman–Crippen MR) is 104 cm³/mol. The third-order valence-electron chi connectivity index (χ3n) is 4.71. The van der Waals surface area contributed by atoms with Gasteiger partial charge in [-0.05, 0) is 38.0 Å². The minimum atomic E-state index is -4.09. The molecule has 0 aliphatic carbocycles. The summed E-state index contributed by atoms with van der Waals surface area (Å²) in [5, 5.41) is 2.63. The highest BCUT2D eigenvalue weighted by Gasteiger charge is 2.32. The molecule has 1 aromatic rings. The van der Waals surface area contributed by atoms with Gasteiger partial charge >= 0.3 is 5.97 Å². The number of esters is 1. The highest BCUT2D eigenvalue weighted by molar-refractivity contribution is 7.92. The molecule has 1 aromatic carbocycles. The average Bonchev–Trinajstić information content (AvgIpc) is 2.67. The van der Waals surface area contributed by atoms with E-state index in [0.717, 1.165) is 12.4 Å². The molecular formula is C17H21N3O7S2. The van der Waals surface area contributed by atoms with Crippen molar-refractivity contribution in [1.82, 2.24) is 4.90 Å². The van der Waals surface area contributed by atoms with E-state index in [9.17, 15) is 26.4 Å². The minimum Gasteiger partial charge on any atom is -0.466 e. The summed E-state index contributed by atoms with van der Waals surface area (Å²) < 4.78 is 57.8. The second-order valence-corrected chi connectivity index (χ2v) is 10.3. The minimum absolute atomic E-state index is 0.102. The van der Waals surface area contributed by atoms with Gasteiger partial charge in [0, 0.05) is 13.1 Å². The number of hydrogen-bond donors (Lipinski definition) is 1. The van der Waals surface area contributed by atoms with E-state index in [1.165, 1.54) is 17.0 Å². The number of nitrogens with zero attached hydrogens (tertiary/aromatic N) is 2. The summed E-state index contributed by atoms with van der Waals surface area (Å²) in [6.07, 6.45) is 2.15. The van der Waals surface area contributed by atoms with Crippen LogP contribution in [-0.2, 0) is 34.2 Å². The molecule has 10 nitrogen and oxygen atoms in total. The Kier molecular flexibility index (Phi) is 5.94. The van der Waals surface area contributed by atoms with Gasteiger partial charge in [-0.1, -0.05) is 0 Å². The summed E-state index contributed by atoms with van der Waals surface area (Å²) in [5.41, 5.74) is 0.207. The number of fused-ring (bicyclic) bond motifs is 1. The third-order valence-corrected chi connectivity index (χ3v) is 7.58. The maximum absolute atomic E-state index is 12.7. The molecule has 158 valence electrons. The summed E-state index contributed by atoms with van der Waals surface area (Å²) >= 11 is 0. The molecule has 0 radical (unpaired) electrons. The molecule has 2 aliphatic heterocycles. The molecule has 0 spiro atoms. The number of amides is 1. The van der Waals surface area contributed by atoms with E-state index in [1.54, 1.807) is 6.92 Å². The van der Waals surface area contributed by atoms with Crippen molar-refractivity contribution in [2.75, 3.05) is 30.8 Å². The van der Waals surface area contributed by atoms with E-state index >= 15 is 0 Å². The van der Waals surface area contributed by atoms with Crippen molar-refractivity contribution in [3.63, 3.8) is 0 Å². The number of ether oxygens (including phenoxy) is 1. The number of rotatable bonds is 5. The van der Waals surface area contributed by atoms with Gasteiger partial charge in [0.25, 0.3) is 10.0 Å². The fourth-order valence-electron chi connectivity index (χ4n) is 3.24. The molecule has 0 aromatic heterocycles. The Morgan fingerprint density at radius 3 is 2.83 bits per heavy atom. The summed E-state index contributed by atoms with van der Waals surface area (Å²) in [4.78, 5) is 25.3. The van der Waals surface area contributed by atoms with E-state index in [-0.39, 0.29) is 28.6 Å². The fraction of sp³-hybridized carbons (Fsp3) is 0.471. The first kappa shape index (κ1) is 21.2. The number of likely N-dealkylation sites (tertiary alicyclic amines) is 1. The number of carbonyl (C=O) groups is 2. The van der Waals surface area contributed by atoms with E-state index in [0.29, 0.717) is 19.4 Å². The molecule has 1 N–H and O–H groups in total. The number of anilines is 1. The van der Waals surface area contributed by atoms with Crippen LogP contribution in [0, 0.1) is 5.92 Å². The Morgan fingerprint density at radius 1 is 1.34 bits per heavy atom.